The second-order valence-electron chi connectivity index (χ2n) is 9.01. The number of aliphatic carboxylic acids is 1. The lowest BCUT2D eigenvalue weighted by atomic mass is 10.1. The van der Waals surface area contributed by atoms with E-state index < -0.39 is 10.9 Å². The van der Waals surface area contributed by atoms with Crippen LogP contribution in [0.1, 0.15) is 16.8 Å². The summed E-state index contributed by atoms with van der Waals surface area (Å²) in [6.07, 6.45) is 1.63. The predicted octanol–water partition coefficient (Wildman–Crippen LogP) is 5.93. The highest BCUT2D eigenvalue weighted by molar-refractivity contribution is 8.04. The first kappa shape index (κ1) is 27.5. The molecule has 0 aliphatic carbocycles. The number of ether oxygens (including phenoxy) is 2. The van der Waals surface area contributed by atoms with Crippen LogP contribution in [0.4, 0.5) is 5.69 Å². The number of non-ortho nitro benzene ring substituents is 1. The molecule has 5 rings (SSSR count). The molecule has 2 heterocycles. The lowest BCUT2D eigenvalue weighted by molar-refractivity contribution is -0.384. The molecule has 208 valence electrons. The molecule has 2 N–H and O–H groups in total. The molecule has 5 aromatic rings. The van der Waals surface area contributed by atoms with Crippen molar-refractivity contribution in [3.63, 3.8) is 0 Å². The lowest BCUT2D eigenvalue weighted by Gasteiger charge is -2.09. The molecule has 41 heavy (non-hydrogen) atoms. The first-order chi connectivity index (χ1) is 19.8. The summed E-state index contributed by atoms with van der Waals surface area (Å²) in [5.74, 6) is 0.481. The van der Waals surface area contributed by atoms with E-state index in [2.05, 4.69) is 19.7 Å². The number of nitro benzene ring substituents is 1. The van der Waals surface area contributed by atoms with Gasteiger partial charge in [0.05, 0.1) is 19.1 Å². The van der Waals surface area contributed by atoms with E-state index in [4.69, 9.17) is 9.47 Å². The van der Waals surface area contributed by atoms with Crippen LogP contribution >= 0.6 is 11.8 Å². The molecule has 0 saturated heterocycles. The van der Waals surface area contributed by atoms with Crippen LogP contribution in [0.2, 0.25) is 0 Å². The van der Waals surface area contributed by atoms with Crippen molar-refractivity contribution >= 4 is 40.4 Å². The van der Waals surface area contributed by atoms with Gasteiger partial charge in [-0.25, -0.2) is 9.78 Å². The monoisotopic (exact) mass is 571 g/mol. The highest BCUT2D eigenvalue weighted by Crippen LogP contribution is 2.34. The van der Waals surface area contributed by atoms with E-state index >= 15 is 0 Å². The molecular weight excluding hydrogens is 546 g/mol. The molecule has 0 unspecified atom stereocenters. The SMILES string of the molecule is COc1cc(OC)cc(-c2nc(S/C(=C\c3c(C)n(Cc4ccc([N+](=O)[O-])cc4)c4ccccc34)C(=O)O)n[nH]2)c1. The number of hydrogen-bond acceptors (Lipinski definition) is 8. The fourth-order valence-electron chi connectivity index (χ4n) is 4.48. The fourth-order valence-corrected chi connectivity index (χ4v) is 5.17. The number of benzene rings is 3. The van der Waals surface area contributed by atoms with Gasteiger partial charge >= 0.3 is 5.97 Å². The zero-order valence-electron chi connectivity index (χ0n) is 22.3. The number of carboxylic acid groups (broad SMARTS) is 1. The number of fused-ring (bicyclic) bond motifs is 1. The number of nitro groups is 1. The van der Waals surface area contributed by atoms with Gasteiger partial charge in [0.25, 0.3) is 5.69 Å². The van der Waals surface area contributed by atoms with Crippen molar-refractivity contribution < 1.29 is 24.3 Å². The third-order valence-electron chi connectivity index (χ3n) is 6.54. The van der Waals surface area contributed by atoms with Crippen LogP contribution in [0, 0.1) is 17.0 Å². The summed E-state index contributed by atoms with van der Waals surface area (Å²) >= 11 is 0.934. The van der Waals surface area contributed by atoms with Crippen LogP contribution in [-0.4, -0.2) is 50.0 Å². The number of aromatic amines is 1. The largest absolute Gasteiger partial charge is 0.497 e. The number of thioether (sulfide) groups is 1. The van der Waals surface area contributed by atoms with E-state index in [0.717, 1.165) is 39.5 Å². The molecule has 0 aliphatic heterocycles. The normalized spacial score (nSPS) is 11.5. The Morgan fingerprint density at radius 1 is 1.10 bits per heavy atom. The Balaban J connectivity index is 1.48. The third kappa shape index (κ3) is 5.77. The van der Waals surface area contributed by atoms with Gasteiger partial charge in [-0.05, 0) is 48.5 Å². The summed E-state index contributed by atoms with van der Waals surface area (Å²) in [6.45, 7) is 2.38. The Kier molecular flexibility index (Phi) is 7.74. The number of carboxylic acids is 1. The molecular formula is C29H25N5O6S. The highest BCUT2D eigenvalue weighted by atomic mass is 32.2. The van der Waals surface area contributed by atoms with Crippen LogP contribution in [0.3, 0.4) is 0 Å². The zero-order chi connectivity index (χ0) is 29.1. The Hall–Kier alpha value is -5.10. The summed E-state index contributed by atoms with van der Waals surface area (Å²) in [5.41, 5.74) is 4.09. The molecule has 0 amide bonds. The Labute approximate surface area is 238 Å². The molecule has 0 atom stereocenters. The van der Waals surface area contributed by atoms with Gasteiger partial charge in [0.1, 0.15) is 16.4 Å². The van der Waals surface area contributed by atoms with Crippen molar-refractivity contribution in [1.29, 1.82) is 0 Å². The van der Waals surface area contributed by atoms with Crippen molar-refractivity contribution in [1.82, 2.24) is 19.7 Å². The zero-order valence-corrected chi connectivity index (χ0v) is 23.1. The van der Waals surface area contributed by atoms with Gasteiger partial charge in [-0.3, -0.25) is 15.2 Å². The fraction of sp³-hybridized carbons (Fsp3) is 0.138. The predicted molar refractivity (Wildman–Crippen MR) is 155 cm³/mol. The third-order valence-corrected chi connectivity index (χ3v) is 7.42. The van der Waals surface area contributed by atoms with Crippen molar-refractivity contribution in [2.24, 2.45) is 0 Å². The minimum Gasteiger partial charge on any atom is -0.497 e. The summed E-state index contributed by atoms with van der Waals surface area (Å²) in [4.78, 5) is 27.5. The molecule has 0 saturated carbocycles. The maximum atomic E-state index is 12.3. The molecule has 3 aromatic carbocycles. The molecule has 11 nitrogen and oxygen atoms in total. The summed E-state index contributed by atoms with van der Waals surface area (Å²) in [6, 6.07) is 19.4. The summed E-state index contributed by atoms with van der Waals surface area (Å²) in [5, 5.41) is 29.3. The minimum atomic E-state index is -1.11. The first-order valence-electron chi connectivity index (χ1n) is 12.4. The van der Waals surface area contributed by atoms with Crippen molar-refractivity contribution in [2.75, 3.05) is 14.2 Å². The Morgan fingerprint density at radius 2 is 1.78 bits per heavy atom. The van der Waals surface area contributed by atoms with Gasteiger partial charge in [-0.1, -0.05) is 30.3 Å². The second-order valence-corrected chi connectivity index (χ2v) is 10.0. The maximum Gasteiger partial charge on any atom is 0.342 e. The average Bonchev–Trinajstić information content (AvgIpc) is 3.55. The Morgan fingerprint density at radius 3 is 2.41 bits per heavy atom. The van der Waals surface area contributed by atoms with Crippen LogP contribution in [0.25, 0.3) is 28.4 Å². The first-order valence-corrected chi connectivity index (χ1v) is 13.2. The number of carbonyl (C=O) groups is 1. The van der Waals surface area contributed by atoms with Crippen molar-refractivity contribution in [2.45, 2.75) is 18.6 Å². The molecule has 2 aromatic heterocycles. The average molecular weight is 572 g/mol. The lowest BCUT2D eigenvalue weighted by Crippen LogP contribution is -2.02. The quantitative estimate of drug-likeness (QED) is 0.0902. The second kappa shape index (κ2) is 11.6. The topological polar surface area (TPSA) is 145 Å². The van der Waals surface area contributed by atoms with E-state index in [9.17, 15) is 20.0 Å². The molecule has 0 spiro atoms. The van der Waals surface area contributed by atoms with Crippen LogP contribution in [0.5, 0.6) is 11.5 Å². The minimum absolute atomic E-state index is 0.0234. The Bertz CT molecular complexity index is 1770. The van der Waals surface area contributed by atoms with E-state index in [1.165, 1.54) is 12.1 Å². The van der Waals surface area contributed by atoms with E-state index in [1.807, 2.05) is 31.2 Å². The standard InChI is InChI=1S/C29H25N5O6S/c1-17-24(23-6-4-5-7-25(23)33(17)16-18-8-10-20(11-9-18)34(37)38)15-26(28(35)36)41-29-30-27(31-32-29)19-12-21(39-2)14-22(13-19)40-3/h4-15H,16H2,1-3H3,(H,35,36)(H,30,31,32)/b26-15-. The number of H-pyrrole nitrogens is 1. The molecule has 0 fully saturated rings. The van der Waals surface area contributed by atoms with Crippen LogP contribution < -0.4 is 9.47 Å². The summed E-state index contributed by atoms with van der Waals surface area (Å²) < 4.78 is 12.7. The molecule has 0 radical (unpaired) electrons. The van der Waals surface area contributed by atoms with Gasteiger partial charge in [0, 0.05) is 52.5 Å². The molecule has 0 bridgehead atoms. The number of hydrogen-bond donors (Lipinski definition) is 2. The maximum absolute atomic E-state index is 12.3. The number of methoxy groups -OCH3 is 2. The van der Waals surface area contributed by atoms with E-state index in [1.54, 1.807) is 50.6 Å². The van der Waals surface area contributed by atoms with Gasteiger partial charge in [-0.15, -0.1) is 5.10 Å². The van der Waals surface area contributed by atoms with Crippen LogP contribution in [0.15, 0.2) is 76.8 Å². The number of aromatic nitrogens is 4. The van der Waals surface area contributed by atoms with Gasteiger partial charge in [-0.2, -0.15) is 0 Å². The number of nitrogens with zero attached hydrogens (tertiary/aromatic N) is 4. The van der Waals surface area contributed by atoms with Crippen molar-refractivity contribution in [3.05, 3.63) is 98.6 Å². The van der Waals surface area contributed by atoms with Gasteiger partial charge in [0.2, 0.25) is 5.16 Å². The number of nitrogens with one attached hydrogen (secondary N) is 1. The molecule has 12 heteroatoms. The number of para-hydroxylation sites is 1. The van der Waals surface area contributed by atoms with Gasteiger partial charge < -0.3 is 19.1 Å². The van der Waals surface area contributed by atoms with Gasteiger partial charge in [0.15, 0.2) is 5.82 Å². The molecule has 0 aliphatic rings. The number of rotatable bonds is 10. The van der Waals surface area contributed by atoms with Crippen molar-refractivity contribution in [3.8, 4) is 22.9 Å². The van der Waals surface area contributed by atoms with Crippen LogP contribution in [-0.2, 0) is 11.3 Å². The summed E-state index contributed by atoms with van der Waals surface area (Å²) in [7, 11) is 3.10. The van der Waals surface area contributed by atoms with E-state index in [0.29, 0.717) is 29.4 Å². The smallest absolute Gasteiger partial charge is 0.342 e. The van der Waals surface area contributed by atoms with E-state index in [-0.39, 0.29) is 15.7 Å². The highest BCUT2D eigenvalue weighted by Gasteiger charge is 2.19.